The lowest BCUT2D eigenvalue weighted by Crippen LogP contribution is -2.40. The zero-order chi connectivity index (χ0) is 18.4. The van der Waals surface area contributed by atoms with Crippen LogP contribution in [0.3, 0.4) is 0 Å². The molecule has 1 N–H and O–H groups in total. The molecule has 0 aromatic rings. The molecule has 1 aliphatic heterocycles. The number of alkyl carbamates (subject to hydrolysis) is 1. The molecule has 8 nitrogen and oxygen atoms in total. The van der Waals surface area contributed by atoms with Crippen molar-refractivity contribution in [3.05, 3.63) is 0 Å². The van der Waals surface area contributed by atoms with Gasteiger partial charge in [-0.05, 0) is 33.1 Å². The summed E-state index contributed by atoms with van der Waals surface area (Å²) in [5.74, 6) is -0.342. The predicted octanol–water partition coefficient (Wildman–Crippen LogP) is 1.20. The van der Waals surface area contributed by atoms with Crippen molar-refractivity contribution in [1.82, 2.24) is 5.32 Å². The van der Waals surface area contributed by atoms with Gasteiger partial charge in [0.1, 0.15) is 18.8 Å². The van der Waals surface area contributed by atoms with E-state index in [1.165, 1.54) is 0 Å². The van der Waals surface area contributed by atoms with Gasteiger partial charge < -0.3 is 14.8 Å². The highest BCUT2D eigenvalue weighted by Crippen LogP contribution is 2.55. The summed E-state index contributed by atoms with van der Waals surface area (Å²) in [6.07, 6.45) is 0.147. The summed E-state index contributed by atoms with van der Waals surface area (Å²) in [5, 5.41) is 2.09. The lowest BCUT2D eigenvalue weighted by molar-refractivity contribution is -0.153. The fourth-order valence-corrected chi connectivity index (χ4v) is 5.73. The Hall–Kier alpha value is -1.35. The first-order valence-electron chi connectivity index (χ1n) is 8.69. The molecule has 3 fully saturated rings. The zero-order valence-corrected chi connectivity index (χ0v) is 15.5. The summed E-state index contributed by atoms with van der Waals surface area (Å²) in [6, 6.07) is 0. The molecule has 0 aromatic heterocycles. The van der Waals surface area contributed by atoms with Crippen molar-refractivity contribution in [2.45, 2.75) is 57.5 Å². The number of esters is 1. The molecule has 1 amide bonds. The molecule has 5 unspecified atom stereocenters. The van der Waals surface area contributed by atoms with Crippen molar-refractivity contribution in [3.63, 3.8) is 0 Å². The number of fused-ring (bicyclic) bond motifs is 1. The fourth-order valence-electron chi connectivity index (χ4n) is 3.85. The van der Waals surface area contributed by atoms with Crippen molar-refractivity contribution in [1.29, 1.82) is 0 Å². The minimum atomic E-state index is -3.52. The number of rotatable bonds is 6. The van der Waals surface area contributed by atoms with E-state index in [1.54, 1.807) is 13.8 Å². The van der Waals surface area contributed by atoms with E-state index in [0.29, 0.717) is 12.8 Å². The van der Waals surface area contributed by atoms with Gasteiger partial charge in [-0.3, -0.25) is 8.98 Å². The number of carbonyl (C=O) groups excluding carboxylic acids is 2. The fraction of sp³-hybridized carbons (Fsp3) is 0.875. The standard InChI is InChI=1S/C16H25NO7S/c1-4-16(2,3)14(18)22-6-5-17-15(19)23-12-9-7-10-11(8-9)25(20,21)24-13(10)12/h9-13H,4-8H2,1-3H3,(H,17,19). The molecule has 5 atom stereocenters. The highest BCUT2D eigenvalue weighted by molar-refractivity contribution is 7.87. The van der Waals surface area contributed by atoms with E-state index in [1.807, 2.05) is 6.92 Å². The van der Waals surface area contributed by atoms with Gasteiger partial charge in [-0.15, -0.1) is 0 Å². The highest BCUT2D eigenvalue weighted by atomic mass is 32.2. The van der Waals surface area contributed by atoms with Crippen LogP contribution >= 0.6 is 0 Å². The summed E-state index contributed by atoms with van der Waals surface area (Å²) >= 11 is 0. The Morgan fingerprint density at radius 2 is 2.00 bits per heavy atom. The second-order valence-electron chi connectivity index (χ2n) is 7.66. The molecule has 2 saturated carbocycles. The minimum absolute atomic E-state index is 0.0335. The Bertz CT molecular complexity index is 659. The average molecular weight is 375 g/mol. The summed E-state index contributed by atoms with van der Waals surface area (Å²) in [6.45, 7) is 5.70. The van der Waals surface area contributed by atoms with Crippen molar-refractivity contribution >= 4 is 22.2 Å². The number of amides is 1. The molecule has 3 aliphatic rings. The van der Waals surface area contributed by atoms with Gasteiger partial charge in [-0.25, -0.2) is 4.79 Å². The third-order valence-corrected chi connectivity index (χ3v) is 7.47. The average Bonchev–Trinajstić information content (AvgIpc) is 3.15. The van der Waals surface area contributed by atoms with E-state index in [0.717, 1.165) is 6.42 Å². The van der Waals surface area contributed by atoms with Crippen LogP contribution in [0.2, 0.25) is 0 Å². The van der Waals surface area contributed by atoms with Gasteiger partial charge in [0.15, 0.2) is 0 Å². The second-order valence-corrected chi connectivity index (χ2v) is 9.44. The summed E-state index contributed by atoms with van der Waals surface area (Å²) < 4.78 is 39.4. The summed E-state index contributed by atoms with van der Waals surface area (Å²) in [4.78, 5) is 23.7. The first-order valence-corrected chi connectivity index (χ1v) is 10.2. The normalized spacial score (nSPS) is 34.8. The Kier molecular flexibility index (Phi) is 4.74. The molecule has 1 heterocycles. The third kappa shape index (κ3) is 3.36. The lowest BCUT2D eigenvalue weighted by atomic mass is 9.91. The van der Waals surface area contributed by atoms with Crippen LogP contribution in [0.4, 0.5) is 4.79 Å². The topological polar surface area (TPSA) is 108 Å². The van der Waals surface area contributed by atoms with Crippen LogP contribution in [0, 0.1) is 17.3 Å². The molecule has 1 saturated heterocycles. The number of ether oxygens (including phenoxy) is 2. The Morgan fingerprint density at radius 1 is 1.28 bits per heavy atom. The van der Waals surface area contributed by atoms with E-state index >= 15 is 0 Å². The van der Waals surface area contributed by atoms with E-state index in [9.17, 15) is 18.0 Å². The molecular weight excluding hydrogens is 350 g/mol. The third-order valence-electron chi connectivity index (χ3n) is 5.70. The molecule has 0 spiro atoms. The first kappa shape index (κ1) is 18.4. The summed E-state index contributed by atoms with van der Waals surface area (Å²) in [7, 11) is -3.52. The van der Waals surface area contributed by atoms with Crippen LogP contribution in [-0.4, -0.2) is 51.1 Å². The number of nitrogens with one attached hydrogen (secondary N) is 1. The van der Waals surface area contributed by atoms with E-state index in [2.05, 4.69) is 5.32 Å². The smallest absolute Gasteiger partial charge is 0.407 e. The van der Waals surface area contributed by atoms with Crippen LogP contribution in [-0.2, 0) is 28.6 Å². The maximum atomic E-state index is 11.9. The van der Waals surface area contributed by atoms with Crippen LogP contribution in [0.15, 0.2) is 0 Å². The van der Waals surface area contributed by atoms with Crippen LogP contribution in [0.1, 0.15) is 40.0 Å². The van der Waals surface area contributed by atoms with Crippen molar-refractivity contribution in [2.75, 3.05) is 13.2 Å². The van der Waals surface area contributed by atoms with Crippen molar-refractivity contribution in [2.24, 2.45) is 17.3 Å². The van der Waals surface area contributed by atoms with Crippen LogP contribution in [0.5, 0.6) is 0 Å². The van der Waals surface area contributed by atoms with Gasteiger partial charge in [0, 0.05) is 11.8 Å². The van der Waals surface area contributed by atoms with Gasteiger partial charge in [0.05, 0.1) is 17.2 Å². The number of hydrogen-bond donors (Lipinski definition) is 1. The quantitative estimate of drug-likeness (QED) is 0.422. The Labute approximate surface area is 147 Å². The molecule has 2 bridgehead atoms. The molecule has 142 valence electrons. The largest absolute Gasteiger partial charge is 0.463 e. The van der Waals surface area contributed by atoms with E-state index < -0.39 is 39.1 Å². The van der Waals surface area contributed by atoms with Crippen LogP contribution < -0.4 is 5.32 Å². The highest BCUT2D eigenvalue weighted by Gasteiger charge is 2.65. The molecule has 3 rings (SSSR count). The molecular formula is C16H25NO7S. The summed E-state index contributed by atoms with van der Waals surface area (Å²) in [5.41, 5.74) is -0.550. The van der Waals surface area contributed by atoms with Gasteiger partial charge >= 0.3 is 12.1 Å². The Balaban J connectivity index is 1.42. The second kappa shape index (κ2) is 6.42. The van der Waals surface area contributed by atoms with Crippen LogP contribution in [0.25, 0.3) is 0 Å². The SMILES string of the molecule is CCC(C)(C)C(=O)OCCNC(=O)OC1C2CC3C1OS(=O)(=O)C3C2. The van der Waals surface area contributed by atoms with Crippen molar-refractivity contribution in [3.8, 4) is 0 Å². The molecule has 0 radical (unpaired) electrons. The minimum Gasteiger partial charge on any atom is -0.463 e. The molecule has 2 aliphatic carbocycles. The van der Waals surface area contributed by atoms with Gasteiger partial charge in [0.2, 0.25) is 0 Å². The van der Waals surface area contributed by atoms with Gasteiger partial charge in [-0.2, -0.15) is 8.42 Å². The van der Waals surface area contributed by atoms with E-state index in [4.69, 9.17) is 13.7 Å². The first-order chi connectivity index (χ1) is 11.7. The van der Waals surface area contributed by atoms with Gasteiger partial charge in [-0.1, -0.05) is 6.92 Å². The lowest BCUT2D eigenvalue weighted by Gasteiger charge is -2.25. The Morgan fingerprint density at radius 3 is 2.68 bits per heavy atom. The molecule has 9 heteroatoms. The molecule has 25 heavy (non-hydrogen) atoms. The predicted molar refractivity (Wildman–Crippen MR) is 87.1 cm³/mol. The van der Waals surface area contributed by atoms with Crippen molar-refractivity contribution < 1.29 is 31.7 Å². The number of carbonyl (C=O) groups is 2. The van der Waals surface area contributed by atoms with Gasteiger partial charge in [0.25, 0.3) is 10.1 Å². The van der Waals surface area contributed by atoms with E-state index in [-0.39, 0.29) is 31.0 Å². The maximum Gasteiger partial charge on any atom is 0.407 e. The molecule has 0 aromatic carbocycles. The number of hydrogen-bond acceptors (Lipinski definition) is 7. The monoisotopic (exact) mass is 375 g/mol. The zero-order valence-electron chi connectivity index (χ0n) is 14.7. The maximum absolute atomic E-state index is 11.9.